The van der Waals surface area contributed by atoms with Gasteiger partial charge in [0.1, 0.15) is 11.6 Å². The molecule has 0 aliphatic rings. The van der Waals surface area contributed by atoms with Crippen molar-refractivity contribution in [1.29, 1.82) is 0 Å². The van der Waals surface area contributed by atoms with Gasteiger partial charge < -0.3 is 16.0 Å². The zero-order valence-electron chi connectivity index (χ0n) is 14.8. The van der Waals surface area contributed by atoms with Gasteiger partial charge in [-0.25, -0.2) is 8.78 Å². The van der Waals surface area contributed by atoms with Gasteiger partial charge in [0, 0.05) is 19.3 Å². The summed E-state index contributed by atoms with van der Waals surface area (Å²) in [6, 6.07) is 10.2. The molecule has 26 heavy (non-hydrogen) atoms. The van der Waals surface area contributed by atoms with Crippen molar-refractivity contribution >= 4 is 17.6 Å². The number of carbonyl (C=O) groups excluding carboxylic acids is 1. The molecule has 0 aliphatic carbocycles. The van der Waals surface area contributed by atoms with E-state index in [0.717, 1.165) is 11.1 Å². The first-order valence-electron chi connectivity index (χ1n) is 8.23. The number of aliphatic imine (C=N–C) groups is 1. The lowest BCUT2D eigenvalue weighted by Crippen LogP contribution is -2.42. The standard InChI is InChI=1S/C19H22F2N4O/c1-13-11-16(21)4-3-14(13)9-10-23-19(22-2)24-12-18(26)25-17-7-5-15(20)6-8-17/h3-8,11H,9-10,12H2,1-2H3,(H,25,26)(H2,22,23,24). The normalized spacial score (nSPS) is 11.2. The monoisotopic (exact) mass is 360 g/mol. The van der Waals surface area contributed by atoms with Gasteiger partial charge in [0.25, 0.3) is 0 Å². The van der Waals surface area contributed by atoms with E-state index in [1.54, 1.807) is 13.1 Å². The number of nitrogens with zero attached hydrogens (tertiary/aromatic N) is 1. The van der Waals surface area contributed by atoms with Crippen LogP contribution in [-0.2, 0) is 11.2 Å². The molecular weight excluding hydrogens is 338 g/mol. The lowest BCUT2D eigenvalue weighted by molar-refractivity contribution is -0.115. The van der Waals surface area contributed by atoms with E-state index < -0.39 is 0 Å². The molecule has 5 nitrogen and oxygen atoms in total. The molecule has 138 valence electrons. The first-order chi connectivity index (χ1) is 12.5. The zero-order valence-corrected chi connectivity index (χ0v) is 14.8. The molecule has 2 aromatic rings. The van der Waals surface area contributed by atoms with Crippen molar-refractivity contribution in [1.82, 2.24) is 10.6 Å². The average Bonchev–Trinajstić information content (AvgIpc) is 2.61. The Morgan fingerprint density at radius 3 is 2.38 bits per heavy atom. The summed E-state index contributed by atoms with van der Waals surface area (Å²) in [5.74, 6) is -0.390. The quantitative estimate of drug-likeness (QED) is 0.548. The summed E-state index contributed by atoms with van der Waals surface area (Å²) in [6.45, 7) is 2.48. The number of hydrogen-bond acceptors (Lipinski definition) is 2. The van der Waals surface area contributed by atoms with E-state index in [2.05, 4.69) is 20.9 Å². The van der Waals surface area contributed by atoms with E-state index in [0.29, 0.717) is 24.6 Å². The van der Waals surface area contributed by atoms with Gasteiger partial charge in [0.05, 0.1) is 6.54 Å². The van der Waals surface area contributed by atoms with Crippen molar-refractivity contribution in [2.24, 2.45) is 4.99 Å². The van der Waals surface area contributed by atoms with Crippen molar-refractivity contribution in [2.45, 2.75) is 13.3 Å². The number of aryl methyl sites for hydroxylation is 1. The third-order valence-corrected chi connectivity index (χ3v) is 3.76. The van der Waals surface area contributed by atoms with Crippen LogP contribution >= 0.6 is 0 Å². The summed E-state index contributed by atoms with van der Waals surface area (Å²) in [5, 5.41) is 8.66. The topological polar surface area (TPSA) is 65.5 Å². The fourth-order valence-electron chi connectivity index (χ4n) is 2.38. The summed E-state index contributed by atoms with van der Waals surface area (Å²) in [6.07, 6.45) is 0.703. The van der Waals surface area contributed by atoms with Crippen LogP contribution < -0.4 is 16.0 Å². The number of hydrogen-bond donors (Lipinski definition) is 3. The second-order valence-corrected chi connectivity index (χ2v) is 5.73. The smallest absolute Gasteiger partial charge is 0.243 e. The summed E-state index contributed by atoms with van der Waals surface area (Å²) in [4.78, 5) is 16.0. The molecule has 1 amide bonds. The Labute approximate surface area is 151 Å². The Hall–Kier alpha value is -2.96. The first kappa shape index (κ1) is 19.4. The number of guanidine groups is 1. The largest absolute Gasteiger partial charge is 0.356 e. The van der Waals surface area contributed by atoms with Crippen LogP contribution in [-0.4, -0.2) is 32.0 Å². The molecule has 0 bridgehead atoms. The highest BCUT2D eigenvalue weighted by Crippen LogP contribution is 2.10. The van der Waals surface area contributed by atoms with Crippen LogP contribution in [0.15, 0.2) is 47.5 Å². The average molecular weight is 360 g/mol. The Morgan fingerprint density at radius 2 is 1.73 bits per heavy atom. The van der Waals surface area contributed by atoms with Crippen molar-refractivity contribution in [2.75, 3.05) is 25.5 Å². The first-order valence-corrected chi connectivity index (χ1v) is 8.23. The fourth-order valence-corrected chi connectivity index (χ4v) is 2.38. The van der Waals surface area contributed by atoms with Crippen molar-refractivity contribution in [3.8, 4) is 0 Å². The Kier molecular flexibility index (Phi) is 7.08. The number of halogens is 2. The Morgan fingerprint density at radius 1 is 1.04 bits per heavy atom. The van der Waals surface area contributed by atoms with Gasteiger partial charge in [-0.05, 0) is 60.9 Å². The molecule has 0 aliphatic heterocycles. The maximum absolute atomic E-state index is 13.1. The summed E-state index contributed by atoms with van der Waals surface area (Å²) >= 11 is 0. The number of anilines is 1. The molecule has 0 aromatic heterocycles. The van der Waals surface area contributed by atoms with E-state index in [-0.39, 0.29) is 24.1 Å². The second-order valence-electron chi connectivity index (χ2n) is 5.73. The van der Waals surface area contributed by atoms with E-state index in [4.69, 9.17) is 0 Å². The van der Waals surface area contributed by atoms with Crippen molar-refractivity contribution in [3.05, 3.63) is 65.2 Å². The molecule has 0 saturated carbocycles. The molecule has 0 saturated heterocycles. The summed E-state index contributed by atoms with van der Waals surface area (Å²) in [7, 11) is 1.61. The molecule has 3 N–H and O–H groups in total. The zero-order chi connectivity index (χ0) is 18.9. The highest BCUT2D eigenvalue weighted by molar-refractivity contribution is 5.94. The van der Waals surface area contributed by atoms with Gasteiger partial charge in [0.15, 0.2) is 5.96 Å². The summed E-state index contributed by atoms with van der Waals surface area (Å²) < 4.78 is 25.9. The fraction of sp³-hybridized carbons (Fsp3) is 0.263. The predicted octanol–water partition coefficient (Wildman–Crippen LogP) is 2.62. The predicted molar refractivity (Wildman–Crippen MR) is 99.2 cm³/mol. The van der Waals surface area contributed by atoms with Crippen molar-refractivity contribution < 1.29 is 13.6 Å². The maximum atomic E-state index is 13.1. The molecule has 0 spiro atoms. The molecule has 0 atom stereocenters. The van der Waals surface area contributed by atoms with Crippen LogP contribution in [0.4, 0.5) is 14.5 Å². The summed E-state index contributed by atoms with van der Waals surface area (Å²) in [5.41, 5.74) is 2.46. The Balaban J connectivity index is 1.75. The van der Waals surface area contributed by atoms with Crippen LogP contribution in [0.25, 0.3) is 0 Å². The molecular formula is C19H22F2N4O. The molecule has 0 fully saturated rings. The molecule has 0 heterocycles. The second kappa shape index (κ2) is 9.50. The number of rotatable bonds is 6. The van der Waals surface area contributed by atoms with Gasteiger partial charge in [-0.1, -0.05) is 6.07 Å². The highest BCUT2D eigenvalue weighted by Gasteiger charge is 2.05. The third-order valence-electron chi connectivity index (χ3n) is 3.76. The molecule has 2 aromatic carbocycles. The number of carbonyl (C=O) groups is 1. The van der Waals surface area contributed by atoms with Gasteiger partial charge in [0.2, 0.25) is 5.91 Å². The molecule has 0 unspecified atom stereocenters. The van der Waals surface area contributed by atoms with Crippen LogP contribution in [0, 0.1) is 18.6 Å². The minimum atomic E-state index is -0.359. The van der Waals surface area contributed by atoms with Gasteiger partial charge >= 0.3 is 0 Å². The van der Waals surface area contributed by atoms with E-state index in [1.807, 2.05) is 6.92 Å². The lowest BCUT2D eigenvalue weighted by Gasteiger charge is -2.13. The molecule has 7 heteroatoms. The number of benzene rings is 2. The van der Waals surface area contributed by atoms with Gasteiger partial charge in [-0.3, -0.25) is 9.79 Å². The van der Waals surface area contributed by atoms with Gasteiger partial charge in [-0.2, -0.15) is 0 Å². The van der Waals surface area contributed by atoms with Gasteiger partial charge in [-0.15, -0.1) is 0 Å². The van der Waals surface area contributed by atoms with E-state index in [9.17, 15) is 13.6 Å². The number of nitrogens with one attached hydrogen (secondary N) is 3. The molecule has 2 rings (SSSR count). The molecule has 0 radical (unpaired) electrons. The van der Waals surface area contributed by atoms with Crippen LogP contribution in [0.1, 0.15) is 11.1 Å². The SMILES string of the molecule is CN=C(NCCc1ccc(F)cc1C)NCC(=O)Nc1ccc(F)cc1. The minimum Gasteiger partial charge on any atom is -0.356 e. The number of amides is 1. The lowest BCUT2D eigenvalue weighted by atomic mass is 10.1. The minimum absolute atomic E-state index is 0.0205. The van der Waals surface area contributed by atoms with Crippen LogP contribution in [0.2, 0.25) is 0 Å². The van der Waals surface area contributed by atoms with Crippen LogP contribution in [0.3, 0.4) is 0 Å². The third kappa shape index (κ3) is 6.16. The van der Waals surface area contributed by atoms with E-state index in [1.165, 1.54) is 36.4 Å². The Bertz CT molecular complexity index is 776. The van der Waals surface area contributed by atoms with Crippen molar-refractivity contribution in [3.63, 3.8) is 0 Å². The van der Waals surface area contributed by atoms with E-state index >= 15 is 0 Å². The maximum Gasteiger partial charge on any atom is 0.243 e. The van der Waals surface area contributed by atoms with Crippen LogP contribution in [0.5, 0.6) is 0 Å². The highest BCUT2D eigenvalue weighted by atomic mass is 19.1.